The van der Waals surface area contributed by atoms with Crippen molar-refractivity contribution in [1.29, 1.82) is 0 Å². The van der Waals surface area contributed by atoms with Crippen LogP contribution in [0.3, 0.4) is 0 Å². The van der Waals surface area contributed by atoms with E-state index in [9.17, 15) is 9.59 Å². The van der Waals surface area contributed by atoms with Crippen LogP contribution in [0.4, 0.5) is 5.69 Å². The maximum absolute atomic E-state index is 12.9. The number of carbonyl (C=O) groups is 1. The van der Waals surface area contributed by atoms with Gasteiger partial charge < -0.3 is 14.8 Å². The summed E-state index contributed by atoms with van der Waals surface area (Å²) in [5.74, 6) is 1.47. The van der Waals surface area contributed by atoms with Gasteiger partial charge >= 0.3 is 0 Å². The van der Waals surface area contributed by atoms with Crippen molar-refractivity contribution in [2.24, 2.45) is 0 Å². The first-order chi connectivity index (χ1) is 16.1. The smallest absolute Gasteiger partial charge is 0.263 e. The van der Waals surface area contributed by atoms with E-state index in [4.69, 9.17) is 9.47 Å². The van der Waals surface area contributed by atoms with Gasteiger partial charge in [0.2, 0.25) is 11.7 Å². The minimum atomic E-state index is -0.482. The molecule has 1 atom stereocenters. The number of hydrogen-bond acceptors (Lipinski definition) is 7. The van der Waals surface area contributed by atoms with Crippen LogP contribution in [-0.4, -0.2) is 43.5 Å². The highest BCUT2D eigenvalue weighted by Gasteiger charge is 2.22. The number of nitrogens with one attached hydrogen (secondary N) is 1. The molecule has 0 radical (unpaired) electrons. The van der Waals surface area contributed by atoms with Crippen LogP contribution < -0.4 is 20.3 Å². The van der Waals surface area contributed by atoms with Crippen LogP contribution in [0.25, 0.3) is 16.7 Å². The van der Waals surface area contributed by atoms with E-state index in [1.165, 1.54) is 16.3 Å². The summed E-state index contributed by atoms with van der Waals surface area (Å²) in [4.78, 5) is 25.8. The SMILES string of the molecule is C=CCn1c(=O)c2ccccc2n2c(S[C@H](C)C(=O)Nc3ccc4c(c3)OCCO4)nnc12. The molecule has 168 valence electrons. The summed E-state index contributed by atoms with van der Waals surface area (Å²) in [6, 6.07) is 12.6. The van der Waals surface area contributed by atoms with E-state index in [-0.39, 0.29) is 11.5 Å². The van der Waals surface area contributed by atoms with Crippen molar-refractivity contribution < 1.29 is 14.3 Å². The lowest BCUT2D eigenvalue weighted by Gasteiger charge is -2.19. The highest BCUT2D eigenvalue weighted by molar-refractivity contribution is 8.00. The maximum atomic E-state index is 12.9. The Balaban J connectivity index is 1.45. The Kier molecular flexibility index (Phi) is 5.51. The molecule has 2 aromatic heterocycles. The molecular formula is C23H21N5O4S. The molecule has 1 aliphatic rings. The van der Waals surface area contributed by atoms with Crippen LogP contribution in [0.15, 0.2) is 65.1 Å². The van der Waals surface area contributed by atoms with Crippen LogP contribution in [0.5, 0.6) is 11.5 Å². The second-order valence-electron chi connectivity index (χ2n) is 7.45. The number of rotatable bonds is 6. The van der Waals surface area contributed by atoms with E-state index in [1.807, 2.05) is 18.2 Å². The number of amides is 1. The molecule has 4 aromatic rings. The monoisotopic (exact) mass is 463 g/mol. The molecule has 3 heterocycles. The molecule has 10 heteroatoms. The molecule has 0 saturated heterocycles. The summed E-state index contributed by atoms with van der Waals surface area (Å²) >= 11 is 1.26. The highest BCUT2D eigenvalue weighted by Crippen LogP contribution is 2.33. The Morgan fingerprint density at radius 3 is 2.82 bits per heavy atom. The van der Waals surface area contributed by atoms with Gasteiger partial charge in [-0.1, -0.05) is 30.0 Å². The summed E-state index contributed by atoms with van der Waals surface area (Å²) in [6.45, 7) is 6.81. The third kappa shape index (κ3) is 3.82. The van der Waals surface area contributed by atoms with Gasteiger partial charge in [-0.15, -0.1) is 16.8 Å². The summed E-state index contributed by atoms with van der Waals surface area (Å²) < 4.78 is 14.4. The molecule has 0 unspecified atom stereocenters. The standard InChI is InChI=1S/C23H21N5O4S/c1-3-10-27-21(30)16-6-4-5-7-17(16)28-22(27)25-26-23(28)33-14(2)20(29)24-15-8-9-18-19(13-15)32-12-11-31-18/h3-9,13-14H,1,10-12H2,2H3,(H,24,29)/t14-/m1/s1. The summed E-state index contributed by atoms with van der Waals surface area (Å²) in [6.07, 6.45) is 1.64. The van der Waals surface area contributed by atoms with Crippen LogP contribution in [-0.2, 0) is 11.3 Å². The van der Waals surface area contributed by atoms with Crippen molar-refractivity contribution in [2.45, 2.75) is 23.9 Å². The lowest BCUT2D eigenvalue weighted by Crippen LogP contribution is -2.24. The van der Waals surface area contributed by atoms with Gasteiger partial charge in [0.05, 0.1) is 16.2 Å². The zero-order valence-corrected chi connectivity index (χ0v) is 18.7. The van der Waals surface area contributed by atoms with E-state index in [1.54, 1.807) is 41.7 Å². The van der Waals surface area contributed by atoms with Gasteiger partial charge in [-0.25, -0.2) is 0 Å². The number of nitrogens with zero attached hydrogens (tertiary/aromatic N) is 4. The second-order valence-corrected chi connectivity index (χ2v) is 8.76. The van der Waals surface area contributed by atoms with Gasteiger partial charge in [0.1, 0.15) is 13.2 Å². The Hall–Kier alpha value is -3.79. The molecule has 1 amide bonds. The number of thioether (sulfide) groups is 1. The minimum absolute atomic E-state index is 0.161. The first kappa shape index (κ1) is 21.1. The van der Waals surface area contributed by atoms with E-state index in [0.717, 1.165) is 0 Å². The predicted octanol–water partition coefficient (Wildman–Crippen LogP) is 3.12. The van der Waals surface area contributed by atoms with Gasteiger partial charge in [-0.3, -0.25) is 18.6 Å². The minimum Gasteiger partial charge on any atom is -0.486 e. The molecule has 33 heavy (non-hydrogen) atoms. The lowest BCUT2D eigenvalue weighted by molar-refractivity contribution is -0.115. The fraction of sp³-hybridized carbons (Fsp3) is 0.217. The van der Waals surface area contributed by atoms with Crippen molar-refractivity contribution in [2.75, 3.05) is 18.5 Å². The molecule has 1 N–H and O–H groups in total. The first-order valence-corrected chi connectivity index (χ1v) is 11.3. The summed E-state index contributed by atoms with van der Waals surface area (Å²) in [7, 11) is 0. The number of aromatic nitrogens is 4. The molecule has 0 fully saturated rings. The van der Waals surface area contributed by atoms with Crippen LogP contribution in [0, 0.1) is 0 Å². The number of hydrogen-bond donors (Lipinski definition) is 1. The highest BCUT2D eigenvalue weighted by atomic mass is 32.2. The molecular weight excluding hydrogens is 442 g/mol. The van der Waals surface area contributed by atoms with Gasteiger partial charge in [0.25, 0.3) is 5.56 Å². The Morgan fingerprint density at radius 1 is 1.21 bits per heavy atom. The number of ether oxygens (including phenoxy) is 2. The van der Waals surface area contributed by atoms with Crippen LogP contribution in [0.1, 0.15) is 6.92 Å². The number of anilines is 1. The van der Waals surface area contributed by atoms with Crippen LogP contribution >= 0.6 is 11.8 Å². The van der Waals surface area contributed by atoms with E-state index < -0.39 is 5.25 Å². The van der Waals surface area contributed by atoms with Crippen molar-refractivity contribution in [3.63, 3.8) is 0 Å². The first-order valence-electron chi connectivity index (χ1n) is 10.4. The largest absolute Gasteiger partial charge is 0.486 e. The van der Waals surface area contributed by atoms with Crippen molar-refractivity contribution in [1.82, 2.24) is 19.2 Å². The molecule has 9 nitrogen and oxygen atoms in total. The number of fused-ring (bicyclic) bond motifs is 4. The summed E-state index contributed by atoms with van der Waals surface area (Å²) in [5, 5.41) is 12.0. The lowest BCUT2D eigenvalue weighted by atomic mass is 10.2. The predicted molar refractivity (Wildman–Crippen MR) is 126 cm³/mol. The maximum Gasteiger partial charge on any atom is 0.263 e. The topological polar surface area (TPSA) is 99.8 Å². The molecule has 0 aliphatic carbocycles. The van der Waals surface area contributed by atoms with Crippen molar-refractivity contribution >= 4 is 40.0 Å². The van der Waals surface area contributed by atoms with E-state index in [0.29, 0.717) is 58.8 Å². The van der Waals surface area contributed by atoms with Crippen LogP contribution in [0.2, 0.25) is 0 Å². The molecule has 0 saturated carbocycles. The Morgan fingerprint density at radius 2 is 2.00 bits per heavy atom. The number of para-hydroxylation sites is 1. The second kappa shape index (κ2) is 8.62. The zero-order valence-electron chi connectivity index (χ0n) is 17.9. The van der Waals surface area contributed by atoms with E-state index in [2.05, 4.69) is 22.1 Å². The fourth-order valence-corrected chi connectivity index (χ4v) is 4.54. The van der Waals surface area contributed by atoms with Gasteiger partial charge in [-0.05, 0) is 31.2 Å². The summed E-state index contributed by atoms with van der Waals surface area (Å²) in [5.41, 5.74) is 1.14. The number of benzene rings is 2. The molecule has 5 rings (SSSR count). The average Bonchev–Trinajstić information content (AvgIpc) is 3.25. The molecule has 0 bridgehead atoms. The van der Waals surface area contributed by atoms with Gasteiger partial charge in [-0.2, -0.15) is 0 Å². The molecule has 0 spiro atoms. The Labute approximate surface area is 193 Å². The van der Waals surface area contributed by atoms with Crippen molar-refractivity contribution in [3.05, 3.63) is 65.5 Å². The third-order valence-electron chi connectivity index (χ3n) is 5.25. The Bertz CT molecular complexity index is 1440. The van der Waals surface area contributed by atoms with Crippen molar-refractivity contribution in [3.8, 4) is 11.5 Å². The average molecular weight is 464 g/mol. The third-order valence-corrected chi connectivity index (χ3v) is 6.29. The molecule has 1 aliphatic heterocycles. The number of allylic oxidation sites excluding steroid dienone is 1. The molecule has 2 aromatic carbocycles. The van der Waals surface area contributed by atoms with Gasteiger partial charge in [0.15, 0.2) is 16.7 Å². The van der Waals surface area contributed by atoms with Gasteiger partial charge in [0, 0.05) is 18.3 Å². The zero-order chi connectivity index (χ0) is 22.9. The quantitative estimate of drug-likeness (QED) is 0.346. The normalized spacial score (nSPS) is 13.7. The number of carbonyl (C=O) groups excluding carboxylic acids is 1. The van der Waals surface area contributed by atoms with E-state index >= 15 is 0 Å². The fourth-order valence-electron chi connectivity index (χ4n) is 3.68.